The maximum atomic E-state index is 13.2. The third-order valence-electron chi connectivity index (χ3n) is 4.12. The molecule has 1 fully saturated rings. The molecule has 0 radical (unpaired) electrons. The third-order valence-corrected chi connectivity index (χ3v) is 4.12. The van der Waals surface area contributed by atoms with Crippen molar-refractivity contribution in [2.75, 3.05) is 0 Å². The first-order valence-corrected chi connectivity index (χ1v) is 7.69. The first-order valence-electron chi connectivity index (χ1n) is 7.69. The van der Waals surface area contributed by atoms with Gasteiger partial charge in [-0.25, -0.2) is 9.07 Å². The van der Waals surface area contributed by atoms with E-state index in [1.165, 1.54) is 23.0 Å². The van der Waals surface area contributed by atoms with E-state index in [4.69, 9.17) is 5.11 Å². The standard InChI is InChI=1S/C16H17FN4O3/c17-12-3-1-2-10(6-12)8-21-9-14(19-20-21)15(22)18-13-5-4-11(7-13)16(23)24/h1-3,6,9,11,13H,4-5,7-8H2,(H,18,22)(H,23,24)/t11-,13+/m1/s1. The minimum Gasteiger partial charge on any atom is -0.481 e. The second-order valence-electron chi connectivity index (χ2n) is 5.95. The van der Waals surface area contributed by atoms with Crippen molar-refractivity contribution >= 4 is 11.9 Å². The van der Waals surface area contributed by atoms with Crippen LogP contribution in [0.5, 0.6) is 0 Å². The number of carbonyl (C=O) groups is 2. The Labute approximate surface area is 137 Å². The van der Waals surface area contributed by atoms with Gasteiger partial charge in [0.1, 0.15) is 5.82 Å². The summed E-state index contributed by atoms with van der Waals surface area (Å²) in [6.45, 7) is 0.308. The van der Waals surface area contributed by atoms with Gasteiger partial charge in [0, 0.05) is 6.04 Å². The normalized spacial score (nSPS) is 20.0. The van der Waals surface area contributed by atoms with Crippen molar-refractivity contribution in [3.63, 3.8) is 0 Å². The molecule has 2 N–H and O–H groups in total. The predicted molar refractivity (Wildman–Crippen MR) is 81.8 cm³/mol. The molecule has 7 nitrogen and oxygen atoms in total. The van der Waals surface area contributed by atoms with E-state index in [2.05, 4.69) is 15.6 Å². The van der Waals surface area contributed by atoms with Gasteiger partial charge in [-0.05, 0) is 37.0 Å². The highest BCUT2D eigenvalue weighted by molar-refractivity contribution is 5.92. The molecule has 2 aromatic rings. The van der Waals surface area contributed by atoms with Gasteiger partial charge in [-0.15, -0.1) is 5.10 Å². The zero-order valence-corrected chi connectivity index (χ0v) is 12.9. The Morgan fingerprint density at radius 2 is 2.21 bits per heavy atom. The molecule has 1 saturated carbocycles. The lowest BCUT2D eigenvalue weighted by molar-refractivity contribution is -0.141. The maximum absolute atomic E-state index is 13.2. The fourth-order valence-corrected chi connectivity index (χ4v) is 2.90. The molecule has 0 bridgehead atoms. The van der Waals surface area contributed by atoms with Crippen LogP contribution in [-0.2, 0) is 11.3 Å². The zero-order chi connectivity index (χ0) is 17.1. The molecule has 1 aromatic heterocycles. The number of nitrogens with zero attached hydrogens (tertiary/aromatic N) is 3. The Morgan fingerprint density at radius 3 is 2.92 bits per heavy atom. The molecule has 0 saturated heterocycles. The van der Waals surface area contributed by atoms with Crippen molar-refractivity contribution in [1.29, 1.82) is 0 Å². The van der Waals surface area contributed by atoms with E-state index < -0.39 is 11.9 Å². The van der Waals surface area contributed by atoms with Gasteiger partial charge in [0.2, 0.25) is 0 Å². The maximum Gasteiger partial charge on any atom is 0.306 e. The molecule has 1 aliphatic carbocycles. The van der Waals surface area contributed by atoms with E-state index in [0.717, 1.165) is 0 Å². The number of amides is 1. The topological polar surface area (TPSA) is 97.1 Å². The summed E-state index contributed by atoms with van der Waals surface area (Å²) in [5, 5.41) is 19.5. The average molecular weight is 332 g/mol. The number of carbonyl (C=O) groups excluding carboxylic acids is 1. The molecule has 0 aliphatic heterocycles. The molecule has 24 heavy (non-hydrogen) atoms. The van der Waals surface area contributed by atoms with Gasteiger partial charge in [0.05, 0.1) is 18.7 Å². The van der Waals surface area contributed by atoms with Crippen molar-refractivity contribution in [2.45, 2.75) is 31.8 Å². The van der Waals surface area contributed by atoms with Gasteiger partial charge in [-0.2, -0.15) is 0 Å². The second-order valence-corrected chi connectivity index (χ2v) is 5.95. The van der Waals surface area contributed by atoms with Crippen LogP contribution in [0.1, 0.15) is 35.3 Å². The summed E-state index contributed by atoms with van der Waals surface area (Å²) < 4.78 is 14.6. The number of hydrogen-bond donors (Lipinski definition) is 2. The van der Waals surface area contributed by atoms with Gasteiger partial charge >= 0.3 is 5.97 Å². The monoisotopic (exact) mass is 332 g/mol. The van der Waals surface area contributed by atoms with Crippen molar-refractivity contribution in [3.05, 3.63) is 47.5 Å². The van der Waals surface area contributed by atoms with Crippen LogP contribution < -0.4 is 5.32 Å². The molecule has 1 aliphatic rings. The van der Waals surface area contributed by atoms with Crippen LogP contribution in [0.2, 0.25) is 0 Å². The lowest BCUT2D eigenvalue weighted by atomic mass is 10.1. The summed E-state index contributed by atoms with van der Waals surface area (Å²) >= 11 is 0. The molecular weight excluding hydrogens is 315 g/mol. The highest BCUT2D eigenvalue weighted by Crippen LogP contribution is 2.25. The number of aliphatic carboxylic acids is 1. The molecule has 1 heterocycles. The molecule has 126 valence electrons. The van der Waals surface area contributed by atoms with Crippen molar-refractivity contribution in [3.8, 4) is 0 Å². The van der Waals surface area contributed by atoms with Gasteiger partial charge in [0.15, 0.2) is 5.69 Å². The molecule has 1 aromatic carbocycles. The summed E-state index contributed by atoms with van der Waals surface area (Å²) in [5.41, 5.74) is 0.872. The zero-order valence-electron chi connectivity index (χ0n) is 12.9. The second kappa shape index (κ2) is 6.77. The molecular formula is C16H17FN4O3. The van der Waals surface area contributed by atoms with Gasteiger partial charge in [-0.3, -0.25) is 9.59 Å². The first-order chi connectivity index (χ1) is 11.5. The number of carboxylic acid groups (broad SMARTS) is 1. The Kier molecular flexibility index (Phi) is 4.54. The van der Waals surface area contributed by atoms with E-state index in [1.54, 1.807) is 12.1 Å². The van der Waals surface area contributed by atoms with E-state index >= 15 is 0 Å². The summed E-state index contributed by atoms with van der Waals surface area (Å²) in [7, 11) is 0. The van der Waals surface area contributed by atoms with Gasteiger partial charge < -0.3 is 10.4 Å². The summed E-state index contributed by atoms with van der Waals surface area (Å²) in [4.78, 5) is 23.1. The lowest BCUT2D eigenvalue weighted by Crippen LogP contribution is -2.33. The highest BCUT2D eigenvalue weighted by Gasteiger charge is 2.31. The molecule has 0 unspecified atom stereocenters. The number of carboxylic acids is 1. The number of rotatable bonds is 5. The Hall–Kier alpha value is -2.77. The molecule has 0 spiro atoms. The van der Waals surface area contributed by atoms with Crippen LogP contribution in [-0.4, -0.2) is 38.0 Å². The van der Waals surface area contributed by atoms with Crippen LogP contribution >= 0.6 is 0 Å². The highest BCUT2D eigenvalue weighted by atomic mass is 19.1. The van der Waals surface area contributed by atoms with Crippen LogP contribution in [0.3, 0.4) is 0 Å². The number of hydrogen-bond acceptors (Lipinski definition) is 4. The summed E-state index contributed by atoms with van der Waals surface area (Å²) in [6, 6.07) is 5.96. The fourth-order valence-electron chi connectivity index (χ4n) is 2.90. The third kappa shape index (κ3) is 3.76. The number of aromatic nitrogens is 3. The smallest absolute Gasteiger partial charge is 0.306 e. The Balaban J connectivity index is 1.59. The largest absolute Gasteiger partial charge is 0.481 e. The summed E-state index contributed by atoms with van der Waals surface area (Å²) in [6.07, 6.45) is 3.12. The van der Waals surface area contributed by atoms with Crippen LogP contribution in [0.15, 0.2) is 30.5 Å². The first kappa shape index (κ1) is 16.1. The van der Waals surface area contributed by atoms with Crippen molar-refractivity contribution < 1.29 is 19.1 Å². The minimum absolute atomic E-state index is 0.158. The van der Waals surface area contributed by atoms with E-state index in [-0.39, 0.29) is 23.5 Å². The lowest BCUT2D eigenvalue weighted by Gasteiger charge is -2.10. The van der Waals surface area contributed by atoms with Crippen LogP contribution in [0.4, 0.5) is 4.39 Å². The predicted octanol–water partition coefficient (Wildman–Crippen LogP) is 1.45. The van der Waals surface area contributed by atoms with Crippen LogP contribution in [0.25, 0.3) is 0 Å². The molecule has 1 amide bonds. The molecule has 3 rings (SSSR count). The molecule has 8 heteroatoms. The van der Waals surface area contributed by atoms with Crippen molar-refractivity contribution in [1.82, 2.24) is 20.3 Å². The number of halogens is 1. The average Bonchev–Trinajstić information content (AvgIpc) is 3.17. The quantitative estimate of drug-likeness (QED) is 0.864. The van der Waals surface area contributed by atoms with E-state index in [9.17, 15) is 14.0 Å². The molecule has 2 atom stereocenters. The van der Waals surface area contributed by atoms with Crippen molar-refractivity contribution in [2.24, 2.45) is 5.92 Å². The van der Waals surface area contributed by atoms with Crippen LogP contribution in [0, 0.1) is 11.7 Å². The van der Waals surface area contributed by atoms with E-state index in [0.29, 0.717) is 31.4 Å². The minimum atomic E-state index is -0.826. The van der Waals surface area contributed by atoms with Gasteiger partial charge in [0.25, 0.3) is 5.91 Å². The SMILES string of the molecule is O=C(N[C@H]1CC[C@@H](C(=O)O)C1)c1cn(Cc2cccc(F)c2)nn1. The number of nitrogens with one attached hydrogen (secondary N) is 1. The summed E-state index contributed by atoms with van der Waals surface area (Å²) in [5.74, 6) is -1.94. The number of benzene rings is 1. The fraction of sp³-hybridized carbons (Fsp3) is 0.375. The van der Waals surface area contributed by atoms with Gasteiger partial charge in [-0.1, -0.05) is 17.3 Å². The Morgan fingerprint density at radius 1 is 1.38 bits per heavy atom. The Bertz CT molecular complexity index is 761. The van der Waals surface area contributed by atoms with E-state index in [1.807, 2.05) is 0 Å².